The van der Waals surface area contributed by atoms with Gasteiger partial charge in [-0.15, -0.1) is 12.4 Å². The maximum Gasteiger partial charge on any atom is 0.239 e. The van der Waals surface area contributed by atoms with E-state index in [0.29, 0.717) is 13.0 Å². The Morgan fingerprint density at radius 3 is 2.74 bits per heavy atom. The number of amides is 1. The van der Waals surface area contributed by atoms with Crippen LogP contribution in [0.4, 0.5) is 4.39 Å². The van der Waals surface area contributed by atoms with Gasteiger partial charge in [0.2, 0.25) is 5.91 Å². The molecule has 1 amide bonds. The Morgan fingerprint density at radius 2 is 2.09 bits per heavy atom. The van der Waals surface area contributed by atoms with Crippen molar-refractivity contribution in [2.45, 2.75) is 12.5 Å². The van der Waals surface area contributed by atoms with Gasteiger partial charge in [-0.05, 0) is 30.3 Å². The van der Waals surface area contributed by atoms with Crippen LogP contribution in [0.3, 0.4) is 0 Å². The van der Waals surface area contributed by atoms with Crippen molar-refractivity contribution >= 4 is 18.3 Å². The molecule has 2 rings (SSSR count). The monoisotopic (exact) mass is 342 g/mol. The first-order chi connectivity index (χ1) is 10.6. The molecule has 0 aliphatic carbocycles. The molecule has 0 bridgehead atoms. The Kier molecular flexibility index (Phi) is 7.67. The fourth-order valence-corrected chi connectivity index (χ4v) is 1.93. The molecule has 1 atom stereocenters. The minimum atomic E-state index is -0.665. The molecule has 8 heteroatoms. The maximum absolute atomic E-state index is 12.9. The van der Waals surface area contributed by atoms with Crippen molar-refractivity contribution in [1.82, 2.24) is 15.1 Å². The van der Waals surface area contributed by atoms with Gasteiger partial charge in [-0.3, -0.25) is 4.79 Å². The van der Waals surface area contributed by atoms with Crippen LogP contribution in [0, 0.1) is 5.82 Å². The number of hydrogen-bond acceptors (Lipinski definition) is 4. The minimum Gasteiger partial charge on any atom is -0.383 e. The number of nitrogens with one attached hydrogen (secondary N) is 1. The fraction of sp³-hybridized carbons (Fsp3) is 0.333. The first kappa shape index (κ1) is 19.1. The molecular weight excluding hydrogens is 323 g/mol. The van der Waals surface area contributed by atoms with E-state index in [2.05, 4.69) is 10.4 Å². The van der Waals surface area contributed by atoms with Crippen LogP contribution in [-0.2, 0) is 16.0 Å². The summed E-state index contributed by atoms with van der Waals surface area (Å²) in [4.78, 5) is 11.6. The van der Waals surface area contributed by atoms with Crippen LogP contribution in [0.2, 0.25) is 0 Å². The Labute approximate surface area is 140 Å². The molecule has 0 spiro atoms. The van der Waals surface area contributed by atoms with Gasteiger partial charge in [-0.1, -0.05) is 0 Å². The molecule has 0 radical (unpaired) electrons. The number of carbonyl (C=O) groups is 1. The van der Waals surface area contributed by atoms with Crippen molar-refractivity contribution in [3.8, 4) is 5.69 Å². The number of nitrogens with two attached hydrogens (primary N) is 1. The van der Waals surface area contributed by atoms with Gasteiger partial charge in [-0.25, -0.2) is 9.07 Å². The van der Waals surface area contributed by atoms with Crippen LogP contribution < -0.4 is 11.1 Å². The third-order valence-corrected chi connectivity index (χ3v) is 3.10. The van der Waals surface area contributed by atoms with Crippen molar-refractivity contribution in [1.29, 1.82) is 0 Å². The van der Waals surface area contributed by atoms with E-state index in [4.69, 9.17) is 10.5 Å². The summed E-state index contributed by atoms with van der Waals surface area (Å²) in [7, 11) is 1.50. The van der Waals surface area contributed by atoms with Crippen molar-refractivity contribution < 1.29 is 13.9 Å². The number of halogens is 2. The lowest BCUT2D eigenvalue weighted by Gasteiger charge is -2.10. The van der Waals surface area contributed by atoms with Crippen molar-refractivity contribution in [2.75, 3.05) is 20.3 Å². The minimum absolute atomic E-state index is 0. The van der Waals surface area contributed by atoms with Gasteiger partial charge in [0.05, 0.1) is 18.0 Å². The highest BCUT2D eigenvalue weighted by Crippen LogP contribution is 2.09. The van der Waals surface area contributed by atoms with Crippen LogP contribution in [0.15, 0.2) is 36.5 Å². The van der Waals surface area contributed by atoms with E-state index in [1.165, 1.54) is 19.2 Å². The van der Waals surface area contributed by atoms with Gasteiger partial charge in [0, 0.05) is 26.3 Å². The molecule has 2 aromatic rings. The number of benzene rings is 1. The second-order valence-electron chi connectivity index (χ2n) is 4.83. The number of nitrogens with zero attached hydrogens (tertiary/aromatic N) is 2. The Hall–Kier alpha value is -1.96. The smallest absolute Gasteiger partial charge is 0.239 e. The third kappa shape index (κ3) is 5.63. The molecule has 0 aliphatic rings. The van der Waals surface area contributed by atoms with Crippen LogP contribution in [-0.4, -0.2) is 42.0 Å². The fourth-order valence-electron chi connectivity index (χ4n) is 1.93. The van der Waals surface area contributed by atoms with Crippen LogP contribution >= 0.6 is 12.4 Å². The average Bonchev–Trinajstić information content (AvgIpc) is 2.97. The Balaban J connectivity index is 0.00000264. The maximum atomic E-state index is 12.9. The molecule has 0 saturated carbocycles. The summed E-state index contributed by atoms with van der Waals surface area (Å²) in [6.45, 7) is 0.627. The normalized spacial score (nSPS) is 11.6. The van der Waals surface area contributed by atoms with E-state index in [1.54, 1.807) is 23.0 Å². The van der Waals surface area contributed by atoms with Crippen molar-refractivity contribution in [3.05, 3.63) is 48.0 Å². The summed E-state index contributed by atoms with van der Waals surface area (Å²) in [5, 5.41) is 7.10. The van der Waals surface area contributed by atoms with E-state index in [0.717, 1.165) is 11.4 Å². The molecule has 0 fully saturated rings. The predicted molar refractivity (Wildman–Crippen MR) is 87.3 cm³/mol. The SMILES string of the molecule is COCC(N)C(=O)NCCc1ccn(-c2ccc(F)cc2)n1.Cl. The molecule has 1 aromatic carbocycles. The summed E-state index contributed by atoms with van der Waals surface area (Å²) in [5.74, 6) is -0.536. The Bertz CT molecular complexity index is 618. The lowest BCUT2D eigenvalue weighted by atomic mass is 10.3. The molecule has 1 unspecified atom stereocenters. The molecule has 126 valence electrons. The van der Waals surface area contributed by atoms with Gasteiger partial charge in [0.25, 0.3) is 0 Å². The van der Waals surface area contributed by atoms with Gasteiger partial charge in [0.15, 0.2) is 0 Å². The largest absolute Gasteiger partial charge is 0.383 e. The average molecular weight is 343 g/mol. The van der Waals surface area contributed by atoms with E-state index in [-0.39, 0.29) is 30.7 Å². The van der Waals surface area contributed by atoms with Gasteiger partial charge in [0.1, 0.15) is 11.9 Å². The summed E-state index contributed by atoms with van der Waals surface area (Å²) in [5.41, 5.74) is 7.21. The second-order valence-corrected chi connectivity index (χ2v) is 4.83. The third-order valence-electron chi connectivity index (χ3n) is 3.10. The molecule has 0 aliphatic heterocycles. The zero-order chi connectivity index (χ0) is 15.9. The number of ether oxygens (including phenoxy) is 1. The number of methoxy groups -OCH3 is 1. The summed E-state index contributed by atoms with van der Waals surface area (Å²) >= 11 is 0. The summed E-state index contributed by atoms with van der Waals surface area (Å²) < 4.78 is 19.4. The molecular formula is C15H20ClFN4O2. The molecule has 0 saturated heterocycles. The quantitative estimate of drug-likeness (QED) is 0.788. The lowest BCUT2D eigenvalue weighted by Crippen LogP contribution is -2.44. The first-order valence-corrected chi connectivity index (χ1v) is 6.93. The zero-order valence-corrected chi connectivity index (χ0v) is 13.6. The highest BCUT2D eigenvalue weighted by molar-refractivity contribution is 5.85. The number of aromatic nitrogens is 2. The molecule has 23 heavy (non-hydrogen) atoms. The summed E-state index contributed by atoms with van der Waals surface area (Å²) in [6, 6.07) is 7.25. The number of rotatable bonds is 7. The van der Waals surface area contributed by atoms with Gasteiger partial charge < -0.3 is 15.8 Å². The molecule has 3 N–H and O–H groups in total. The zero-order valence-electron chi connectivity index (χ0n) is 12.7. The number of hydrogen-bond donors (Lipinski definition) is 2. The van der Waals surface area contributed by atoms with Crippen molar-refractivity contribution in [3.63, 3.8) is 0 Å². The molecule has 1 aromatic heterocycles. The summed E-state index contributed by atoms with van der Waals surface area (Å²) in [6.07, 6.45) is 2.38. The topological polar surface area (TPSA) is 82.2 Å². The van der Waals surface area contributed by atoms with Crippen LogP contribution in [0.1, 0.15) is 5.69 Å². The highest BCUT2D eigenvalue weighted by atomic mass is 35.5. The lowest BCUT2D eigenvalue weighted by molar-refractivity contribution is -0.123. The second kappa shape index (κ2) is 9.24. The van der Waals surface area contributed by atoms with Crippen LogP contribution in [0.5, 0.6) is 0 Å². The standard InChI is InChI=1S/C15H19FN4O2.ClH/c1-22-10-14(17)15(21)18-8-6-12-7-9-20(19-12)13-4-2-11(16)3-5-13;/h2-5,7,9,14H,6,8,10,17H2,1H3,(H,18,21);1H. The van der Waals surface area contributed by atoms with Crippen molar-refractivity contribution in [2.24, 2.45) is 5.73 Å². The van der Waals surface area contributed by atoms with Gasteiger partial charge >= 0.3 is 0 Å². The molecule has 1 heterocycles. The highest BCUT2D eigenvalue weighted by Gasteiger charge is 2.12. The van der Waals surface area contributed by atoms with Gasteiger partial charge in [-0.2, -0.15) is 5.10 Å². The van der Waals surface area contributed by atoms with E-state index < -0.39 is 6.04 Å². The molecule has 6 nitrogen and oxygen atoms in total. The Morgan fingerprint density at radius 1 is 1.39 bits per heavy atom. The number of carbonyl (C=O) groups excluding carboxylic acids is 1. The predicted octanol–water partition coefficient (Wildman–Crippen LogP) is 1.07. The van der Waals surface area contributed by atoms with E-state index >= 15 is 0 Å². The first-order valence-electron chi connectivity index (χ1n) is 6.93. The van der Waals surface area contributed by atoms with E-state index in [1.807, 2.05) is 6.07 Å². The van der Waals surface area contributed by atoms with Crippen LogP contribution in [0.25, 0.3) is 5.69 Å². The van der Waals surface area contributed by atoms with E-state index in [9.17, 15) is 9.18 Å².